The number of hydrogen-bond donors (Lipinski definition) is 9. The highest BCUT2D eigenvalue weighted by Gasteiger charge is 2.76. The number of fused-ring (bicyclic) bond motifs is 7. The number of alkyl carbamates (subject to hydrolysis) is 1. The lowest BCUT2D eigenvalue weighted by Crippen LogP contribution is -2.63. The maximum atomic E-state index is 14.7. The molecule has 2 aromatic rings. The van der Waals surface area contributed by atoms with Crippen LogP contribution in [0.4, 0.5) is 19.3 Å². The summed E-state index contributed by atoms with van der Waals surface area (Å²) >= 11 is 3.00. The summed E-state index contributed by atoms with van der Waals surface area (Å²) in [5.74, 6) is -6.97. The number of carbonyl (C=O) groups excluding carboxylic acids is 5. The summed E-state index contributed by atoms with van der Waals surface area (Å²) < 4.78 is 59.0. The van der Waals surface area contributed by atoms with Gasteiger partial charge in [0.2, 0.25) is 18.1 Å². The molecule has 9 N–H and O–H groups in total. The molecule has 5 aliphatic carbocycles. The number of aliphatic carboxylic acids is 1. The van der Waals surface area contributed by atoms with Gasteiger partial charge >= 0.3 is 12.1 Å². The number of amides is 3. The van der Waals surface area contributed by atoms with Gasteiger partial charge in [-0.05, 0) is 79.4 Å². The highest BCUT2D eigenvalue weighted by molar-refractivity contribution is 9.09. The van der Waals surface area contributed by atoms with Gasteiger partial charge in [-0.15, -0.1) is 0 Å². The Bertz CT molecular complexity index is 2670. The van der Waals surface area contributed by atoms with Crippen LogP contribution in [-0.2, 0) is 55.9 Å². The summed E-state index contributed by atoms with van der Waals surface area (Å²) in [6.45, 7) is 2.65. The van der Waals surface area contributed by atoms with E-state index in [1.807, 2.05) is 13.0 Å². The number of hydrogen-bond acceptors (Lipinski definition) is 16. The summed E-state index contributed by atoms with van der Waals surface area (Å²) in [6, 6.07) is 10.7. The minimum absolute atomic E-state index is 0.00787. The van der Waals surface area contributed by atoms with Crippen molar-refractivity contribution < 1.29 is 91.9 Å². The maximum absolute atomic E-state index is 14.7. The Morgan fingerprint density at radius 3 is 2.33 bits per heavy atom. The van der Waals surface area contributed by atoms with E-state index < -0.39 is 127 Å². The van der Waals surface area contributed by atoms with Gasteiger partial charge in [0.25, 0.3) is 5.92 Å². The molecule has 0 radical (unpaired) electrons. The zero-order chi connectivity index (χ0) is 54.0. The van der Waals surface area contributed by atoms with Crippen LogP contribution in [0.15, 0.2) is 66.3 Å². The first-order chi connectivity index (χ1) is 35.4. The number of benzene rings is 2. The number of ether oxygens (including phenoxy) is 5. The second kappa shape index (κ2) is 20.6. The quantitative estimate of drug-likeness (QED) is 0.109. The van der Waals surface area contributed by atoms with Crippen LogP contribution in [0.1, 0.15) is 81.8 Å². The zero-order valence-electron chi connectivity index (χ0n) is 40.9. The molecule has 75 heavy (non-hydrogen) atoms. The van der Waals surface area contributed by atoms with Crippen LogP contribution in [0.2, 0.25) is 0 Å². The van der Waals surface area contributed by atoms with E-state index in [0.29, 0.717) is 30.4 Å². The fraction of sp³-hybridized carbons (Fsp3) is 0.577. The van der Waals surface area contributed by atoms with Gasteiger partial charge in [-0.25, -0.2) is 18.4 Å². The first-order valence-corrected chi connectivity index (χ1v) is 25.9. The molecule has 2 aromatic carbocycles. The van der Waals surface area contributed by atoms with Crippen molar-refractivity contribution in [1.29, 1.82) is 0 Å². The molecule has 14 atom stereocenters. The molecular formula is C52H60BrF2N3O17. The van der Waals surface area contributed by atoms with Gasteiger partial charge in [-0.2, -0.15) is 0 Å². The molecule has 0 spiro atoms. The van der Waals surface area contributed by atoms with Crippen molar-refractivity contribution in [3.05, 3.63) is 83.0 Å². The molecule has 9 rings (SSSR count). The minimum atomic E-state index is -3.10. The number of carbonyl (C=O) groups is 6. The summed E-state index contributed by atoms with van der Waals surface area (Å²) in [4.78, 5) is 76.1. The third-order valence-electron chi connectivity index (χ3n) is 16.7. The number of carboxylic acids is 1. The van der Waals surface area contributed by atoms with E-state index >= 15 is 0 Å². The Hall–Kier alpha value is -5.24. The molecule has 2 heterocycles. The number of alkyl halides is 3. The Kier molecular flexibility index (Phi) is 15.0. The summed E-state index contributed by atoms with van der Waals surface area (Å²) in [6.07, 6.45) is -8.05. The number of halogens is 3. The molecule has 0 bridgehead atoms. The van der Waals surface area contributed by atoms with Crippen LogP contribution >= 0.6 is 15.9 Å². The molecule has 3 amide bonds. The molecule has 0 unspecified atom stereocenters. The predicted molar refractivity (Wildman–Crippen MR) is 259 cm³/mol. The Labute approximate surface area is 437 Å². The molecule has 4 saturated carbocycles. The van der Waals surface area contributed by atoms with Crippen LogP contribution in [0, 0.1) is 28.6 Å². The smallest absolute Gasteiger partial charge is 0.407 e. The number of Topliss-reactive ketones (excluding diaryl/α,β-unsaturated/α-hetero) is 1. The Morgan fingerprint density at radius 1 is 0.933 bits per heavy atom. The fourth-order valence-electron chi connectivity index (χ4n) is 13.3. The third kappa shape index (κ3) is 10.0. The standard InChI is InChI=1S/C52H60BrF2N3O17/c1-48-13-11-29(60)16-28(48)8-9-30-31-17-36-52(35(62)21-59,49(31,2)19-33(61)39(30)48)75-45(73-36)27-6-3-25(4-7-27)18-50(23-51(54,55)24-50)58-47(70)71-22-26-5-10-34(32(15-26)57-37(63)12-14-56-38(64)20-53)72-46-42(67)40(65)41(66)43(74-46)44(68)69/h3-7,10-11,13,15-16,30-31,33,36,39-43,45-46,59,61,65-67H,8-9,12,14,17-24H2,1-2H3,(H,56,64)(H,57,63)(H,58,70)(H,68,69)/t30-,31-,33-,36+,39+,40-,41-,42+,43-,45+,46+,48-,49-,52+/m0/s1. The number of rotatable bonds is 16. The van der Waals surface area contributed by atoms with Gasteiger partial charge in [0, 0.05) is 48.1 Å². The van der Waals surface area contributed by atoms with Crippen molar-refractivity contribution in [3.63, 3.8) is 0 Å². The lowest BCUT2D eigenvalue weighted by Gasteiger charge is -2.59. The van der Waals surface area contributed by atoms with Crippen molar-refractivity contribution in [1.82, 2.24) is 10.6 Å². The van der Waals surface area contributed by atoms with Crippen molar-refractivity contribution in [2.24, 2.45) is 28.6 Å². The van der Waals surface area contributed by atoms with Gasteiger partial charge in [-0.3, -0.25) is 19.2 Å². The van der Waals surface area contributed by atoms with Crippen molar-refractivity contribution in [2.75, 3.05) is 23.8 Å². The highest BCUT2D eigenvalue weighted by atomic mass is 79.9. The number of nitrogens with one attached hydrogen (secondary N) is 3. The van der Waals surface area contributed by atoms with Crippen molar-refractivity contribution >= 4 is 57.1 Å². The number of aliphatic hydroxyl groups is 5. The van der Waals surface area contributed by atoms with Crippen LogP contribution in [-0.4, -0.2) is 145 Å². The molecule has 20 nitrogen and oxygen atoms in total. The van der Waals surface area contributed by atoms with E-state index in [1.165, 1.54) is 18.2 Å². The SMILES string of the molecule is C[C@]12C=CC(=O)C=C1CC[C@@H]1[C@@H]2[C@@H](O)C[C@@]2(C)[C@H]1C[C@H]1O[C@@H](c3ccc(CC4(NC(=O)OCc5ccc(O[C@@H]6O[C@H](C(=O)O)[C@@H](O)[C@H](O)[C@H]6O)c(NC(=O)CCNC(=O)CBr)c5)CC(F)(F)C4)cc3)O[C@]12C(=O)CO. The van der Waals surface area contributed by atoms with Crippen LogP contribution in [0.5, 0.6) is 5.75 Å². The molecule has 23 heteroatoms. The van der Waals surface area contributed by atoms with Gasteiger partial charge in [0.1, 0.15) is 37.3 Å². The first-order valence-electron chi connectivity index (χ1n) is 24.8. The van der Waals surface area contributed by atoms with Gasteiger partial charge < -0.3 is 70.3 Å². The monoisotopic (exact) mass is 1120 g/mol. The number of ketones is 2. The molecular weight excluding hydrogens is 1060 g/mol. The lowest BCUT2D eigenvalue weighted by atomic mass is 9.46. The van der Waals surface area contributed by atoms with Crippen LogP contribution < -0.4 is 20.7 Å². The van der Waals surface area contributed by atoms with Gasteiger partial charge in [0.15, 0.2) is 29.6 Å². The van der Waals surface area contributed by atoms with E-state index in [0.717, 1.165) is 5.57 Å². The fourth-order valence-corrected chi connectivity index (χ4v) is 13.5. The first kappa shape index (κ1) is 54.5. The number of allylic oxidation sites excluding steroid dienone is 4. The summed E-state index contributed by atoms with van der Waals surface area (Å²) in [5, 5.41) is 70.6. The van der Waals surface area contributed by atoms with E-state index in [-0.39, 0.29) is 77.6 Å². The Balaban J connectivity index is 0.863. The zero-order valence-corrected chi connectivity index (χ0v) is 42.5. The van der Waals surface area contributed by atoms with Crippen molar-refractivity contribution in [2.45, 2.75) is 138 Å². The number of aliphatic hydroxyl groups excluding tert-OH is 5. The highest BCUT2D eigenvalue weighted by Crippen LogP contribution is 2.70. The number of anilines is 1. The summed E-state index contributed by atoms with van der Waals surface area (Å²) in [7, 11) is 0. The molecule has 2 aliphatic heterocycles. The van der Waals surface area contributed by atoms with Crippen LogP contribution in [0.3, 0.4) is 0 Å². The van der Waals surface area contributed by atoms with Gasteiger partial charge in [-0.1, -0.05) is 71.8 Å². The molecule has 406 valence electrons. The minimum Gasteiger partial charge on any atom is -0.479 e. The van der Waals surface area contributed by atoms with E-state index in [9.17, 15) is 68.2 Å². The molecule has 0 aromatic heterocycles. The Morgan fingerprint density at radius 2 is 1.65 bits per heavy atom. The second-order valence-corrected chi connectivity index (χ2v) is 22.0. The average Bonchev–Trinajstić information content (AvgIpc) is 3.86. The van der Waals surface area contributed by atoms with Gasteiger partial charge in [0.05, 0.1) is 28.8 Å². The van der Waals surface area contributed by atoms with E-state index in [4.69, 9.17) is 23.7 Å². The predicted octanol–water partition coefficient (Wildman–Crippen LogP) is 3.04. The topological polar surface area (TPSA) is 306 Å². The second-order valence-electron chi connectivity index (χ2n) is 21.4. The van der Waals surface area contributed by atoms with E-state index in [2.05, 4.69) is 38.8 Å². The maximum Gasteiger partial charge on any atom is 0.407 e. The van der Waals surface area contributed by atoms with Crippen LogP contribution in [0.25, 0.3) is 0 Å². The molecule has 2 saturated heterocycles. The summed E-state index contributed by atoms with van der Waals surface area (Å²) in [5.41, 5.74) is -2.29. The van der Waals surface area contributed by atoms with E-state index in [1.54, 1.807) is 36.4 Å². The lowest BCUT2D eigenvalue weighted by molar-refractivity contribution is -0.271. The van der Waals surface area contributed by atoms with Crippen molar-refractivity contribution in [3.8, 4) is 5.75 Å². The molecule has 6 fully saturated rings. The normalized spacial score (nSPS) is 35.8. The third-order valence-corrected chi connectivity index (χ3v) is 17.2. The number of carboxylic acid groups (broad SMARTS) is 1. The average molecular weight is 1120 g/mol. The molecule has 7 aliphatic rings. The largest absolute Gasteiger partial charge is 0.479 e.